The molecule has 0 spiro atoms. The Morgan fingerprint density at radius 3 is 0.294 bits per heavy atom. The van der Waals surface area contributed by atoms with E-state index >= 15 is 0 Å². The first-order chi connectivity index (χ1) is 15.0. The molecule has 17 nitrogen and oxygen atoms in total. The quantitative estimate of drug-likeness (QED) is 0.304. The molecule has 0 rings (SSSR count). The summed E-state index contributed by atoms with van der Waals surface area (Å²) in [7, 11) is 0. The van der Waals surface area contributed by atoms with Crippen molar-refractivity contribution >= 4 is 0 Å². The molecule has 0 aliphatic carbocycles. The molecule has 0 aromatic heterocycles. The molecule has 136 valence electrons. The second-order valence-corrected chi connectivity index (χ2v) is 0. The lowest BCUT2D eigenvalue weighted by molar-refractivity contribution is 2.13. The molecule has 0 saturated carbocycles. The summed E-state index contributed by atoms with van der Waals surface area (Å²) in [6.45, 7) is 0. The van der Waals surface area contributed by atoms with Crippen LogP contribution in [-0.2, 0) is 0 Å². The molecule has 0 heterocycles. The lowest BCUT2D eigenvalue weighted by Gasteiger charge is -0.345. The zero-order valence-electron chi connectivity index (χ0n) is 25.1. The van der Waals surface area contributed by atoms with Gasteiger partial charge in [0.1, 0.15) is 21.2 Å². The van der Waals surface area contributed by atoms with E-state index in [2.05, 4.69) is 92.2 Å². The van der Waals surface area contributed by atoms with Gasteiger partial charge in [-0.25, -0.2) is 0 Å². The normalized spacial score (nSPS) is 6.18. The highest BCUT2D eigenvalue weighted by molar-refractivity contribution is 2.15. The van der Waals surface area contributed by atoms with Crippen LogP contribution in [0.15, 0.2) is 0 Å². The van der Waals surface area contributed by atoms with Gasteiger partial charge in [0.05, 0.1) is 0 Å². The average Bonchev–Trinajstić information content (AvgIpc) is 3.00. The predicted octanol–water partition coefficient (Wildman–Crippen LogP) is 2.75. The summed E-state index contributed by atoms with van der Waals surface area (Å²) in [6, 6.07) is 0. The van der Waals surface area contributed by atoms with Gasteiger partial charge in [-0.15, -0.1) is 0 Å². The first kappa shape index (κ1) is 18.7. The molecule has 0 radical (unpaired) electrons. The fourth-order valence-corrected chi connectivity index (χ4v) is 0. The van der Waals surface area contributed by atoms with Crippen molar-refractivity contribution in [2.45, 2.75) is 0 Å². The minimum atomic E-state index is 0. The van der Waals surface area contributed by atoms with Gasteiger partial charge in [-0.2, -0.15) is 0 Å². The lowest BCUT2D eigenvalue weighted by atomic mass is 14.0. The summed E-state index contributed by atoms with van der Waals surface area (Å²) in [5.41, 5.74) is 0. The summed E-state index contributed by atoms with van der Waals surface area (Å²) in [6.07, 6.45) is 56.2. The van der Waals surface area contributed by atoms with Crippen molar-refractivity contribution in [3.8, 4) is 0 Å². The van der Waals surface area contributed by atoms with E-state index in [0.717, 1.165) is 0 Å². The monoisotopic (exact) mass is 317 g/mol. The van der Waals surface area contributed by atoms with Gasteiger partial charge in [0.25, 0.3) is 0 Å². The van der Waals surface area contributed by atoms with Crippen molar-refractivity contribution in [3.63, 3.8) is 0 Å². The standard InChI is InChI=1S/17H3N/h17*1H3/i/hT12D3. The zero-order chi connectivity index (χ0) is 30.0. The van der Waals surface area contributed by atoms with Crippen molar-refractivity contribution in [1.29, 1.82) is 0 Å². The van der Waals surface area contributed by atoms with E-state index < -0.39 is 0 Å². The Balaban J connectivity index is -0.00000000500. The largest absolute Gasteiger partial charge is 0.344 e. The van der Waals surface area contributed by atoms with Gasteiger partial charge in [0.2, 0.25) is 0 Å². The molecule has 0 aliphatic heterocycles. The van der Waals surface area contributed by atoms with Gasteiger partial charge >= 0.3 is 0 Å². The van der Waals surface area contributed by atoms with E-state index in [9.17, 15) is 0 Å². The van der Waals surface area contributed by atoms with Gasteiger partial charge in [-0.3, -0.25) is 0 Å². The SMILES string of the molecule is N.N.[2H]N.[2H]N.[2H]N.[3H]N.[3H]N.[3H]N.[3H]N.[3H]N.[3H]N.[3H]N.[3H]N.[3H]N.[3H]N.[3H]N.[3H]N. The maximum Gasteiger partial charge on any atom is 0.115 e. The van der Waals surface area contributed by atoms with E-state index in [1.54, 1.807) is 0 Å². The molecule has 0 fully saturated rings. The van der Waals surface area contributed by atoms with Crippen molar-refractivity contribution in [1.82, 2.24) is 104 Å². The fraction of sp³-hybridized carbons (Fsp3) is 0. The van der Waals surface area contributed by atoms with Crippen LogP contribution in [0.4, 0.5) is 0 Å². The Labute approximate surface area is 128 Å². The Bertz CT molecular complexity index is 31.9. The molecule has 0 aliphatic rings. The summed E-state index contributed by atoms with van der Waals surface area (Å²) in [5.74, 6) is 0. The number of rotatable bonds is 0. The second kappa shape index (κ2) is 6790. The Kier molecular flexibility index (Phi) is 7460. The third-order valence-electron chi connectivity index (χ3n) is 0. The van der Waals surface area contributed by atoms with Crippen LogP contribution in [0.3, 0.4) is 0 Å². The average molecular weight is 317 g/mol. The summed E-state index contributed by atoms with van der Waals surface area (Å²) < 4.78 is 78.8. The molecule has 0 unspecified atom stereocenters. The van der Waals surface area contributed by atoms with E-state index in [4.69, 9.17) is 21.2 Å². The van der Waals surface area contributed by atoms with E-state index in [1.807, 2.05) is 0 Å². The molecule has 51 N–H and O–H groups in total. The molecule has 17 heteroatoms. The van der Waals surface area contributed by atoms with Crippen LogP contribution in [0.1, 0.15) is 0 Å². The van der Waals surface area contributed by atoms with Gasteiger partial charge in [-0.05, 0) is 0 Å². The molecule has 0 aromatic rings. The highest BCUT2D eigenvalue weighted by Crippen LogP contribution is -0.465. The minimum Gasteiger partial charge on any atom is -0.344 e. The summed E-state index contributed by atoms with van der Waals surface area (Å²) >= 11 is 0. The van der Waals surface area contributed by atoms with Crippen LogP contribution in [0.25, 0.3) is 0 Å². The van der Waals surface area contributed by atoms with E-state index in [-0.39, 0.29) is 12.3 Å². The van der Waals surface area contributed by atoms with Crippen molar-refractivity contribution in [2.75, 3.05) is 0 Å². The highest BCUT2D eigenvalue weighted by atomic mass is 14.0. The first-order valence-electron chi connectivity index (χ1n) is 8.66. The smallest absolute Gasteiger partial charge is 0.115 e. The molecule has 0 bridgehead atoms. The lowest BCUT2D eigenvalue weighted by Crippen LogP contribution is -0.482. The van der Waals surface area contributed by atoms with Crippen LogP contribution in [0.5, 0.6) is 0 Å². The molecule has 17 heavy (non-hydrogen) atoms. The van der Waals surface area contributed by atoms with Crippen LogP contribution in [0.2, 0.25) is 21.2 Å². The molecule has 0 aromatic carbocycles. The highest BCUT2D eigenvalue weighted by Gasteiger charge is -0.328. The van der Waals surface area contributed by atoms with E-state index in [1.165, 1.54) is 0 Å². The number of hydrogen-bond donors (Lipinski definition) is 17. The first-order valence-corrected chi connectivity index (χ1v) is 0. The van der Waals surface area contributed by atoms with Crippen molar-refractivity contribution < 1.29 is 21.2 Å². The molecule has 0 saturated heterocycles. The van der Waals surface area contributed by atoms with Crippen LogP contribution < -0.4 is 104 Å². The third-order valence-corrected chi connectivity index (χ3v) is 0. The van der Waals surface area contributed by atoms with Gasteiger partial charge < -0.3 is 104 Å². The molecular weight excluding hydrogens is 238 g/mol. The predicted molar refractivity (Wildman–Crippen MR) is 85.4 cm³/mol. The van der Waals surface area contributed by atoms with Gasteiger partial charge in [0, 0.05) is 0 Å². The molecule has 0 atom stereocenters. The topological polar surface area (TPSA) is 595 Å². The van der Waals surface area contributed by atoms with E-state index in [0.29, 0.717) is 0 Å². The second-order valence-electron chi connectivity index (χ2n) is 0. The van der Waals surface area contributed by atoms with Crippen molar-refractivity contribution in [2.24, 2.45) is 0 Å². The fourth-order valence-electron chi connectivity index (χ4n) is 0. The van der Waals surface area contributed by atoms with Crippen LogP contribution in [0, 0.1) is 0 Å². The minimum absolute atomic E-state index is 0. The van der Waals surface area contributed by atoms with Crippen LogP contribution in [-0.4, -0.2) is 0 Å². The van der Waals surface area contributed by atoms with Gasteiger partial charge in [0.15, 0.2) is 0 Å². The summed E-state index contributed by atoms with van der Waals surface area (Å²) in [4.78, 5) is 0. The maximum atomic E-state index is 5.25. The Morgan fingerprint density at radius 1 is 0.294 bits per heavy atom. The maximum absolute atomic E-state index is 5.25. The summed E-state index contributed by atoms with van der Waals surface area (Å²) in [5, 5.41) is 0. The Morgan fingerprint density at radius 2 is 0.294 bits per heavy atom. The molecular formula is H51N17. The third kappa shape index (κ3) is 5880. The zero-order valence-corrected chi connectivity index (χ0v) is 10.1. The van der Waals surface area contributed by atoms with Crippen molar-refractivity contribution in [3.05, 3.63) is 0 Å². The molecule has 0 amide bonds. The van der Waals surface area contributed by atoms with Gasteiger partial charge in [-0.1, -0.05) is 0 Å². The van der Waals surface area contributed by atoms with Crippen LogP contribution >= 0.6 is 0 Å². The number of hydrogen-bond acceptors (Lipinski definition) is 17. The Hall–Kier alpha value is -0.680.